The van der Waals surface area contributed by atoms with Gasteiger partial charge in [-0.05, 0) is 13.8 Å². The Hall–Kier alpha value is -0.860. The van der Waals surface area contributed by atoms with Gasteiger partial charge < -0.3 is 5.32 Å². The zero-order valence-electron chi connectivity index (χ0n) is 8.36. The fourth-order valence-corrected chi connectivity index (χ4v) is 0.974. The third-order valence-electron chi connectivity index (χ3n) is 1.89. The molecule has 0 spiro atoms. The highest BCUT2D eigenvalue weighted by Gasteiger charge is 2.38. The Bertz CT molecular complexity index is 246. The van der Waals surface area contributed by atoms with Crippen LogP contribution in [0.15, 0.2) is 4.99 Å². The Morgan fingerprint density at radius 1 is 1.33 bits per heavy atom. The van der Waals surface area contributed by atoms with Gasteiger partial charge in [-0.3, -0.25) is 4.79 Å². The minimum absolute atomic E-state index is 0.0660. The molecular weight excluding hydrogens is 152 g/mol. The van der Waals surface area contributed by atoms with E-state index in [0.29, 0.717) is 0 Å². The summed E-state index contributed by atoms with van der Waals surface area (Å²) in [7, 11) is 0. The molecule has 1 heterocycles. The molecule has 1 aliphatic rings. The van der Waals surface area contributed by atoms with Gasteiger partial charge in [0.1, 0.15) is 11.4 Å². The Kier molecular flexibility index (Phi) is 1.78. The zero-order chi connectivity index (χ0) is 9.57. The van der Waals surface area contributed by atoms with Gasteiger partial charge in [0.05, 0.1) is 0 Å². The molecular formula is C9H16N2O. The minimum atomic E-state index is -0.511. The Balaban J connectivity index is 2.90. The number of nitrogens with zero attached hydrogens (tertiary/aromatic N) is 1. The number of carbonyl (C=O) groups is 1. The van der Waals surface area contributed by atoms with Gasteiger partial charge in [-0.1, -0.05) is 20.8 Å². The second kappa shape index (κ2) is 2.31. The molecule has 0 fully saturated rings. The lowest BCUT2D eigenvalue weighted by Gasteiger charge is -2.23. The zero-order valence-corrected chi connectivity index (χ0v) is 8.36. The third kappa shape index (κ3) is 1.49. The van der Waals surface area contributed by atoms with E-state index >= 15 is 0 Å². The number of rotatable bonds is 0. The number of amides is 1. The molecule has 1 aliphatic heterocycles. The minimum Gasteiger partial charge on any atom is -0.359 e. The topological polar surface area (TPSA) is 41.5 Å². The maximum atomic E-state index is 11.3. The molecule has 0 saturated heterocycles. The summed E-state index contributed by atoms with van der Waals surface area (Å²) in [4.78, 5) is 15.3. The van der Waals surface area contributed by atoms with Crippen molar-refractivity contribution in [3.63, 3.8) is 0 Å². The van der Waals surface area contributed by atoms with Crippen LogP contribution in [0.25, 0.3) is 0 Å². The largest absolute Gasteiger partial charge is 0.359 e. The van der Waals surface area contributed by atoms with Gasteiger partial charge in [-0.2, -0.15) is 4.99 Å². The van der Waals surface area contributed by atoms with E-state index in [-0.39, 0.29) is 11.3 Å². The van der Waals surface area contributed by atoms with Gasteiger partial charge in [0.15, 0.2) is 0 Å². The van der Waals surface area contributed by atoms with Crippen LogP contribution in [0.4, 0.5) is 0 Å². The number of hydrogen-bond acceptors (Lipinski definition) is 2. The summed E-state index contributed by atoms with van der Waals surface area (Å²) in [5, 5.41) is 3.12. The van der Waals surface area contributed by atoms with Crippen molar-refractivity contribution >= 4 is 11.7 Å². The molecule has 1 N–H and O–H groups in total. The quantitative estimate of drug-likeness (QED) is 0.593. The van der Waals surface area contributed by atoms with Crippen LogP contribution in [0.5, 0.6) is 0 Å². The molecule has 3 heteroatoms. The summed E-state index contributed by atoms with van der Waals surface area (Å²) >= 11 is 0. The molecule has 0 saturated carbocycles. The molecule has 0 aromatic heterocycles. The summed E-state index contributed by atoms with van der Waals surface area (Å²) in [6.45, 7) is 9.80. The summed E-state index contributed by atoms with van der Waals surface area (Å²) < 4.78 is 0. The SMILES string of the molecule is CC(C)(C)C1=NC(=O)C(C)(C)N1. The highest BCUT2D eigenvalue weighted by molar-refractivity contribution is 6.07. The van der Waals surface area contributed by atoms with Gasteiger partial charge in [0, 0.05) is 5.41 Å². The predicted octanol–water partition coefficient (Wildman–Crippen LogP) is 1.34. The second-order valence-electron chi connectivity index (χ2n) is 4.77. The van der Waals surface area contributed by atoms with Gasteiger partial charge >= 0.3 is 0 Å². The van der Waals surface area contributed by atoms with Crippen LogP contribution in [0.1, 0.15) is 34.6 Å². The monoisotopic (exact) mass is 168 g/mol. The fourth-order valence-electron chi connectivity index (χ4n) is 0.974. The molecule has 0 atom stereocenters. The van der Waals surface area contributed by atoms with E-state index in [4.69, 9.17) is 0 Å². The van der Waals surface area contributed by atoms with Crippen LogP contribution in [-0.4, -0.2) is 17.3 Å². The van der Waals surface area contributed by atoms with Crippen molar-refractivity contribution in [2.24, 2.45) is 10.4 Å². The fraction of sp³-hybridized carbons (Fsp3) is 0.778. The van der Waals surface area contributed by atoms with Crippen molar-refractivity contribution in [3.8, 4) is 0 Å². The average molecular weight is 168 g/mol. The van der Waals surface area contributed by atoms with Gasteiger partial charge in [0.25, 0.3) is 5.91 Å². The standard InChI is InChI=1S/C9H16N2O/c1-8(2,3)6-10-7(12)9(4,5)11-6/h1-5H3,(H,10,11,12). The molecule has 1 rings (SSSR count). The lowest BCUT2D eigenvalue weighted by Crippen LogP contribution is -2.45. The summed E-state index contributed by atoms with van der Waals surface area (Å²) in [6.07, 6.45) is 0. The first-order chi connectivity index (χ1) is 5.23. The van der Waals surface area contributed by atoms with Crippen LogP contribution < -0.4 is 5.32 Å². The molecule has 68 valence electrons. The van der Waals surface area contributed by atoms with E-state index in [2.05, 4.69) is 10.3 Å². The highest BCUT2D eigenvalue weighted by Crippen LogP contribution is 2.22. The molecule has 3 nitrogen and oxygen atoms in total. The Labute approximate surface area is 73.3 Å². The number of nitrogens with one attached hydrogen (secondary N) is 1. The number of hydrogen-bond donors (Lipinski definition) is 1. The van der Waals surface area contributed by atoms with E-state index in [1.54, 1.807) is 0 Å². The van der Waals surface area contributed by atoms with Crippen LogP contribution in [0.2, 0.25) is 0 Å². The first-order valence-corrected chi connectivity index (χ1v) is 4.15. The van der Waals surface area contributed by atoms with Crippen LogP contribution in [-0.2, 0) is 4.79 Å². The molecule has 0 bridgehead atoms. The van der Waals surface area contributed by atoms with Gasteiger partial charge in [-0.15, -0.1) is 0 Å². The Morgan fingerprint density at radius 2 is 1.83 bits per heavy atom. The number of amidine groups is 1. The van der Waals surface area contributed by atoms with Crippen molar-refractivity contribution in [2.75, 3.05) is 0 Å². The van der Waals surface area contributed by atoms with Crippen molar-refractivity contribution in [1.29, 1.82) is 0 Å². The average Bonchev–Trinajstić information content (AvgIpc) is 2.06. The number of carbonyl (C=O) groups excluding carboxylic acids is 1. The molecule has 0 aromatic rings. The van der Waals surface area contributed by atoms with Crippen molar-refractivity contribution in [1.82, 2.24) is 5.32 Å². The third-order valence-corrected chi connectivity index (χ3v) is 1.89. The smallest absolute Gasteiger partial charge is 0.272 e. The molecule has 0 aliphatic carbocycles. The Morgan fingerprint density at radius 3 is 2.00 bits per heavy atom. The van der Waals surface area contributed by atoms with Crippen molar-refractivity contribution < 1.29 is 4.79 Å². The molecule has 0 radical (unpaired) electrons. The predicted molar refractivity (Wildman–Crippen MR) is 49.1 cm³/mol. The maximum absolute atomic E-state index is 11.3. The van der Waals surface area contributed by atoms with Gasteiger partial charge in [-0.25, -0.2) is 0 Å². The van der Waals surface area contributed by atoms with E-state index in [0.717, 1.165) is 5.84 Å². The van der Waals surface area contributed by atoms with Crippen LogP contribution in [0.3, 0.4) is 0 Å². The van der Waals surface area contributed by atoms with Crippen LogP contribution >= 0.6 is 0 Å². The normalized spacial score (nSPS) is 22.1. The second-order valence-corrected chi connectivity index (χ2v) is 4.77. The molecule has 12 heavy (non-hydrogen) atoms. The molecule has 0 unspecified atom stereocenters. The first kappa shape index (κ1) is 9.23. The van der Waals surface area contributed by atoms with Crippen molar-refractivity contribution in [2.45, 2.75) is 40.2 Å². The molecule has 1 amide bonds. The lowest BCUT2D eigenvalue weighted by molar-refractivity contribution is -0.121. The maximum Gasteiger partial charge on any atom is 0.272 e. The lowest BCUT2D eigenvalue weighted by atomic mass is 9.94. The van der Waals surface area contributed by atoms with E-state index < -0.39 is 5.54 Å². The summed E-state index contributed by atoms with van der Waals surface area (Å²) in [5.41, 5.74) is -0.577. The summed E-state index contributed by atoms with van der Waals surface area (Å²) in [6, 6.07) is 0. The highest BCUT2D eigenvalue weighted by atomic mass is 16.2. The van der Waals surface area contributed by atoms with E-state index in [1.807, 2.05) is 34.6 Å². The molecule has 0 aromatic carbocycles. The number of aliphatic imine (C=N–C) groups is 1. The van der Waals surface area contributed by atoms with Gasteiger partial charge in [0.2, 0.25) is 0 Å². The van der Waals surface area contributed by atoms with E-state index in [1.165, 1.54) is 0 Å². The van der Waals surface area contributed by atoms with Crippen LogP contribution in [0, 0.1) is 5.41 Å². The van der Waals surface area contributed by atoms with Crippen molar-refractivity contribution in [3.05, 3.63) is 0 Å². The first-order valence-electron chi connectivity index (χ1n) is 4.15. The van der Waals surface area contributed by atoms with E-state index in [9.17, 15) is 4.79 Å². The summed E-state index contributed by atoms with van der Waals surface area (Å²) in [5.74, 6) is 0.713.